The van der Waals surface area contributed by atoms with Crippen LogP contribution in [0.2, 0.25) is 5.02 Å². The van der Waals surface area contributed by atoms with Gasteiger partial charge in [-0.15, -0.1) is 0 Å². The minimum Gasteiger partial charge on any atom is -0.497 e. The summed E-state index contributed by atoms with van der Waals surface area (Å²) in [4.78, 5) is 11.6. The van der Waals surface area contributed by atoms with E-state index in [4.69, 9.17) is 22.1 Å². The first kappa shape index (κ1) is 15.1. The minimum absolute atomic E-state index is 0.0599. The maximum atomic E-state index is 14.0. The van der Waals surface area contributed by atoms with Gasteiger partial charge >= 0.3 is 0 Å². The summed E-state index contributed by atoms with van der Waals surface area (Å²) in [5.74, 6) is -0.693. The lowest BCUT2D eigenvalue weighted by molar-refractivity contribution is -0.118. The highest BCUT2D eigenvalue weighted by atomic mass is 35.5. The topological polar surface area (TPSA) is 64.3 Å². The molecule has 1 unspecified atom stereocenters. The van der Waals surface area contributed by atoms with Gasteiger partial charge in [0.1, 0.15) is 17.6 Å². The zero-order valence-corrected chi connectivity index (χ0v) is 12.0. The summed E-state index contributed by atoms with van der Waals surface area (Å²) in [6.07, 6.45) is 0. The molecule has 0 radical (unpaired) electrons. The second-order valence-corrected chi connectivity index (χ2v) is 4.76. The molecule has 21 heavy (non-hydrogen) atoms. The molecule has 2 aromatic rings. The van der Waals surface area contributed by atoms with E-state index in [9.17, 15) is 9.18 Å². The number of rotatable bonds is 5. The molecule has 0 heterocycles. The predicted molar refractivity (Wildman–Crippen MR) is 80.0 cm³/mol. The summed E-state index contributed by atoms with van der Waals surface area (Å²) in [7, 11) is 1.55. The lowest BCUT2D eigenvalue weighted by atomic mass is 10.1. The Bertz CT molecular complexity index is 647. The van der Waals surface area contributed by atoms with E-state index >= 15 is 0 Å². The van der Waals surface area contributed by atoms with Gasteiger partial charge in [-0.3, -0.25) is 4.79 Å². The van der Waals surface area contributed by atoms with Crippen LogP contribution in [0.15, 0.2) is 42.5 Å². The van der Waals surface area contributed by atoms with Crippen LogP contribution in [0.3, 0.4) is 0 Å². The molecule has 0 spiro atoms. The smallest absolute Gasteiger partial charge is 0.244 e. The zero-order chi connectivity index (χ0) is 15.4. The number of benzene rings is 2. The normalized spacial score (nSPS) is 11.8. The predicted octanol–water partition coefficient (Wildman–Crippen LogP) is 3.13. The molecule has 0 aliphatic rings. The van der Waals surface area contributed by atoms with Crippen LogP contribution in [-0.2, 0) is 4.79 Å². The lowest BCUT2D eigenvalue weighted by Crippen LogP contribution is -2.28. The Hall–Kier alpha value is -2.27. The van der Waals surface area contributed by atoms with Crippen LogP contribution < -0.4 is 15.8 Å². The fourth-order valence-corrected chi connectivity index (χ4v) is 2.08. The van der Waals surface area contributed by atoms with Crippen molar-refractivity contribution in [1.82, 2.24) is 0 Å². The molecule has 0 fully saturated rings. The van der Waals surface area contributed by atoms with Crippen molar-refractivity contribution in [3.63, 3.8) is 0 Å². The highest BCUT2D eigenvalue weighted by Gasteiger charge is 2.22. The van der Waals surface area contributed by atoms with E-state index in [-0.39, 0.29) is 10.6 Å². The summed E-state index contributed by atoms with van der Waals surface area (Å²) < 4.78 is 19.1. The third kappa shape index (κ3) is 3.44. The van der Waals surface area contributed by atoms with Gasteiger partial charge in [-0.05, 0) is 30.3 Å². The van der Waals surface area contributed by atoms with Gasteiger partial charge in [-0.25, -0.2) is 4.39 Å². The Balaban J connectivity index is 2.31. The number of nitrogens with one attached hydrogen (secondary N) is 1. The number of hydrogen-bond donors (Lipinski definition) is 2. The number of hydrogen-bond acceptors (Lipinski definition) is 3. The molecule has 2 aromatic carbocycles. The van der Waals surface area contributed by atoms with Gasteiger partial charge in [0.05, 0.1) is 12.1 Å². The van der Waals surface area contributed by atoms with Crippen LogP contribution in [0, 0.1) is 5.82 Å². The number of carbonyl (C=O) groups excluding carboxylic acids is 1. The Morgan fingerprint density at radius 1 is 1.29 bits per heavy atom. The first-order valence-electron chi connectivity index (χ1n) is 6.16. The van der Waals surface area contributed by atoms with Crippen molar-refractivity contribution in [3.8, 4) is 5.75 Å². The summed E-state index contributed by atoms with van der Waals surface area (Å²) in [6, 6.07) is 10.3. The SMILES string of the molecule is COc1ccc(NC(C(N)=O)c2cccc(Cl)c2F)cc1. The number of carbonyl (C=O) groups is 1. The van der Waals surface area contributed by atoms with Crippen molar-refractivity contribution in [2.24, 2.45) is 5.73 Å². The lowest BCUT2D eigenvalue weighted by Gasteiger charge is -2.18. The van der Waals surface area contributed by atoms with E-state index < -0.39 is 17.8 Å². The van der Waals surface area contributed by atoms with Crippen molar-refractivity contribution >= 4 is 23.2 Å². The Morgan fingerprint density at radius 3 is 2.52 bits per heavy atom. The molecule has 3 N–H and O–H groups in total. The van der Waals surface area contributed by atoms with E-state index in [0.717, 1.165) is 0 Å². The number of ether oxygens (including phenoxy) is 1. The van der Waals surface area contributed by atoms with Crippen LogP contribution in [0.5, 0.6) is 5.75 Å². The average molecular weight is 309 g/mol. The monoisotopic (exact) mass is 308 g/mol. The fraction of sp³-hybridized carbons (Fsp3) is 0.133. The molecule has 6 heteroatoms. The third-order valence-electron chi connectivity index (χ3n) is 2.98. The molecule has 1 atom stereocenters. The average Bonchev–Trinajstić information content (AvgIpc) is 2.48. The molecular weight excluding hydrogens is 295 g/mol. The highest BCUT2D eigenvalue weighted by Crippen LogP contribution is 2.27. The van der Waals surface area contributed by atoms with Gasteiger partial charge < -0.3 is 15.8 Å². The van der Waals surface area contributed by atoms with Crippen LogP contribution >= 0.6 is 11.6 Å². The van der Waals surface area contributed by atoms with E-state index in [0.29, 0.717) is 11.4 Å². The molecule has 0 aliphatic carbocycles. The number of amides is 1. The quantitative estimate of drug-likeness (QED) is 0.892. The van der Waals surface area contributed by atoms with E-state index in [1.165, 1.54) is 12.1 Å². The Kier molecular flexibility index (Phi) is 4.65. The molecule has 0 aromatic heterocycles. The molecule has 0 bridgehead atoms. The van der Waals surface area contributed by atoms with Crippen LogP contribution in [0.25, 0.3) is 0 Å². The first-order valence-corrected chi connectivity index (χ1v) is 6.54. The van der Waals surface area contributed by atoms with Gasteiger partial charge in [-0.1, -0.05) is 23.7 Å². The molecule has 0 saturated heterocycles. The number of anilines is 1. The standard InChI is InChI=1S/C15H14ClFN2O2/c1-21-10-7-5-9(6-8-10)19-14(15(18)20)11-3-2-4-12(16)13(11)17/h2-8,14,19H,1H3,(H2,18,20). The number of halogens is 2. The largest absolute Gasteiger partial charge is 0.497 e. The van der Waals surface area contributed by atoms with Gasteiger partial charge in [-0.2, -0.15) is 0 Å². The van der Waals surface area contributed by atoms with Crippen molar-refractivity contribution in [1.29, 1.82) is 0 Å². The van der Waals surface area contributed by atoms with Gasteiger partial charge in [0, 0.05) is 11.3 Å². The molecular formula is C15H14ClFN2O2. The molecule has 2 rings (SSSR count). The molecule has 1 amide bonds. The van der Waals surface area contributed by atoms with Crippen LogP contribution in [0.1, 0.15) is 11.6 Å². The first-order chi connectivity index (χ1) is 10.0. The molecule has 0 aliphatic heterocycles. The number of nitrogens with two attached hydrogens (primary N) is 1. The Morgan fingerprint density at radius 2 is 1.95 bits per heavy atom. The summed E-state index contributed by atoms with van der Waals surface area (Å²) in [5, 5.41) is 2.83. The van der Waals surface area contributed by atoms with Crippen molar-refractivity contribution < 1.29 is 13.9 Å². The van der Waals surface area contributed by atoms with Crippen molar-refractivity contribution in [2.75, 3.05) is 12.4 Å². The van der Waals surface area contributed by atoms with Gasteiger partial charge in [0.25, 0.3) is 0 Å². The Labute approximate surface area is 126 Å². The summed E-state index contributed by atoms with van der Waals surface area (Å²) >= 11 is 5.73. The van der Waals surface area contributed by atoms with E-state index in [2.05, 4.69) is 5.32 Å². The summed E-state index contributed by atoms with van der Waals surface area (Å²) in [6.45, 7) is 0. The van der Waals surface area contributed by atoms with Crippen molar-refractivity contribution in [3.05, 3.63) is 58.9 Å². The van der Waals surface area contributed by atoms with E-state index in [1.807, 2.05) is 0 Å². The third-order valence-corrected chi connectivity index (χ3v) is 3.27. The maximum Gasteiger partial charge on any atom is 0.244 e. The molecule has 0 saturated carbocycles. The van der Waals surface area contributed by atoms with E-state index in [1.54, 1.807) is 37.4 Å². The fourth-order valence-electron chi connectivity index (χ4n) is 1.90. The maximum absolute atomic E-state index is 14.0. The highest BCUT2D eigenvalue weighted by molar-refractivity contribution is 6.30. The second kappa shape index (κ2) is 6.45. The van der Waals surface area contributed by atoms with Gasteiger partial charge in [0.2, 0.25) is 5.91 Å². The van der Waals surface area contributed by atoms with Gasteiger partial charge in [0.15, 0.2) is 0 Å². The summed E-state index contributed by atoms with van der Waals surface area (Å²) in [5.41, 5.74) is 6.07. The minimum atomic E-state index is -1.02. The van der Waals surface area contributed by atoms with Crippen molar-refractivity contribution in [2.45, 2.75) is 6.04 Å². The number of methoxy groups -OCH3 is 1. The second-order valence-electron chi connectivity index (χ2n) is 4.35. The molecule has 110 valence electrons. The van der Waals surface area contributed by atoms with Crippen LogP contribution in [-0.4, -0.2) is 13.0 Å². The molecule has 4 nitrogen and oxygen atoms in total. The zero-order valence-electron chi connectivity index (χ0n) is 11.3. The van der Waals surface area contributed by atoms with Crippen LogP contribution in [0.4, 0.5) is 10.1 Å². The number of primary amides is 1.